The van der Waals surface area contributed by atoms with Gasteiger partial charge < -0.3 is 0 Å². The summed E-state index contributed by atoms with van der Waals surface area (Å²) in [5.74, 6) is -71.2. The first-order valence-corrected chi connectivity index (χ1v) is 24.8. The molecule has 1 heterocycles. The number of rotatable bonds is 24. The maximum atomic E-state index is 15.4. The molecule has 422 valence electrons. The van der Waals surface area contributed by atoms with Crippen LogP contribution in [0.3, 0.4) is 0 Å². The fourth-order valence-electron chi connectivity index (χ4n) is 9.41. The van der Waals surface area contributed by atoms with Crippen LogP contribution >= 0.6 is 0 Å². The number of ketones is 1. The summed E-state index contributed by atoms with van der Waals surface area (Å²) in [7, 11) is 0. The summed E-state index contributed by atoms with van der Waals surface area (Å²) in [6, 6.07) is 14.1. The van der Waals surface area contributed by atoms with Gasteiger partial charge in [0, 0.05) is 17.7 Å². The Morgan fingerprint density at radius 3 is 0.846 bits per heavy atom. The minimum Gasteiger partial charge on any atom is -0.287 e. The van der Waals surface area contributed by atoms with Crippen LogP contribution in [0.1, 0.15) is 126 Å². The molecule has 6 aromatic rings. The Balaban J connectivity index is 0.000000302. The van der Waals surface area contributed by atoms with E-state index in [-0.39, 0.29) is 5.78 Å². The number of aryl methyl sites for hydroxylation is 1. The summed E-state index contributed by atoms with van der Waals surface area (Å²) in [6.45, 7) is 2.69. The summed E-state index contributed by atoms with van der Waals surface area (Å²) in [5.41, 5.74) is -12.2. The topological polar surface area (TPSA) is 20.9 Å². The van der Waals surface area contributed by atoms with E-state index in [9.17, 15) is 57.5 Å². The third kappa shape index (κ3) is 13.2. The van der Waals surface area contributed by atoms with E-state index in [4.69, 9.17) is 0 Å². The maximum absolute atomic E-state index is 15.4. The fourth-order valence-corrected chi connectivity index (χ4v) is 9.41. The zero-order valence-corrected chi connectivity index (χ0v) is 41.4. The zero-order chi connectivity index (χ0) is 57.8. The number of halogens is 20. The van der Waals surface area contributed by atoms with Crippen LogP contribution in [-0.2, 0) is 13.0 Å². The molecule has 2 nitrogen and oxygen atoms in total. The summed E-state index contributed by atoms with van der Waals surface area (Å²) in [6.07, 6.45) is 20.3. The van der Waals surface area contributed by atoms with Crippen molar-refractivity contribution < 1.29 is 97.2 Å². The van der Waals surface area contributed by atoms with E-state index in [0.29, 0.717) is 6.54 Å². The number of pyridine rings is 1. The van der Waals surface area contributed by atoms with Crippen molar-refractivity contribution in [3.05, 3.63) is 182 Å². The number of Topliss-reactive ketones (excluding diaryl/α,β-unsaturated/α-hetero) is 1. The Bertz CT molecular complexity index is 2680. The normalized spacial score (nSPS) is 11.6. The van der Waals surface area contributed by atoms with Gasteiger partial charge in [-0.25, -0.2) is 87.8 Å². The second-order valence-electron chi connectivity index (χ2n) is 18.5. The molecule has 5 aromatic carbocycles. The van der Waals surface area contributed by atoms with Gasteiger partial charge in [0.25, 0.3) is 0 Å². The minimum atomic E-state index is -7.22. The van der Waals surface area contributed by atoms with Crippen LogP contribution in [0.25, 0.3) is 0 Å². The Kier molecular flexibility index (Phi) is 22.4. The van der Waals surface area contributed by atoms with Gasteiger partial charge in [0.1, 0.15) is 52.7 Å². The Morgan fingerprint density at radius 1 is 0.333 bits per heavy atom. The molecule has 78 heavy (non-hydrogen) atoms. The van der Waals surface area contributed by atoms with E-state index < -0.39 is 144 Å². The lowest BCUT2D eigenvalue weighted by molar-refractivity contribution is -0.683. The number of unbranched alkanes of at least 4 members (excludes halogenated alkanes) is 15. The van der Waals surface area contributed by atoms with E-state index >= 15 is 35.1 Å². The molecule has 6 rings (SSSR count). The number of aromatic nitrogens is 1. The largest absolute Gasteiger partial charge is 0.287 e. The van der Waals surface area contributed by atoms with Gasteiger partial charge in [0.2, 0.25) is 12.3 Å². The third-order valence-corrected chi connectivity index (χ3v) is 13.4. The molecule has 1 aromatic heterocycles. The SMILES string of the molecule is CCCCCCCCCCCCCCCCCCc1ccc(C(=O)C[n+]2ccccc2)cc1.Fc1c(F)c(F)c([B-](c2c(F)c(F)c(F)c(F)c2F)(c2c(F)c(F)c(F)c(F)c2F)c2c(F)c(F)c(F)c(F)c2F)c(F)c1F. The minimum absolute atomic E-state index is 0.167. The van der Waals surface area contributed by atoms with Gasteiger partial charge in [-0.15, -0.1) is 21.9 Å². The van der Waals surface area contributed by atoms with Crippen LogP contribution in [0.15, 0.2) is 54.9 Å². The summed E-state index contributed by atoms with van der Waals surface area (Å²) < 4.78 is 296. The van der Waals surface area contributed by atoms with Gasteiger partial charge in [-0.2, -0.15) is 4.57 Å². The number of carbonyl (C=O) groups is 1. The van der Waals surface area contributed by atoms with Gasteiger partial charge >= 0.3 is 0 Å². The predicted molar refractivity (Wildman–Crippen MR) is 250 cm³/mol. The summed E-state index contributed by atoms with van der Waals surface area (Å²) in [4.78, 5) is 12.4. The monoisotopic (exact) mass is 1130 g/mol. The molecule has 0 bridgehead atoms. The molecule has 0 radical (unpaired) electrons. The number of carbonyl (C=O) groups excluding carboxylic acids is 1. The van der Waals surface area contributed by atoms with Crippen LogP contribution in [0.2, 0.25) is 0 Å². The van der Waals surface area contributed by atoms with E-state index in [2.05, 4.69) is 19.1 Å². The molecule has 0 amide bonds. The number of nitrogens with zero attached hydrogens (tertiary/aromatic N) is 1. The molecule has 0 N–H and O–H groups in total. The van der Waals surface area contributed by atoms with Crippen LogP contribution < -0.4 is 26.4 Å². The highest BCUT2D eigenvalue weighted by molar-refractivity contribution is 7.20. The molecule has 0 saturated heterocycles. The second-order valence-corrected chi connectivity index (χ2v) is 18.5. The van der Waals surface area contributed by atoms with Gasteiger partial charge in [0.05, 0.1) is 0 Å². The zero-order valence-electron chi connectivity index (χ0n) is 41.4. The van der Waals surface area contributed by atoms with Gasteiger partial charge in [-0.1, -0.05) is 134 Å². The van der Waals surface area contributed by atoms with Crippen molar-refractivity contribution in [1.82, 2.24) is 0 Å². The smallest absolute Gasteiger partial charge is 0.227 e. The number of hydrogen-bond donors (Lipinski definition) is 0. The van der Waals surface area contributed by atoms with Gasteiger partial charge in [-0.3, -0.25) is 4.79 Å². The molecule has 0 saturated carbocycles. The van der Waals surface area contributed by atoms with E-state index in [0.717, 1.165) is 12.0 Å². The molecule has 0 spiro atoms. The molecule has 0 aliphatic heterocycles. The molecule has 0 aliphatic rings. The van der Waals surface area contributed by atoms with Crippen LogP contribution in [-0.4, -0.2) is 11.9 Å². The van der Waals surface area contributed by atoms with Gasteiger partial charge in [-0.05, 0) is 18.4 Å². The molecule has 0 atom stereocenters. The highest BCUT2D eigenvalue weighted by Gasteiger charge is 2.52. The Hall–Kier alpha value is -6.42. The molecule has 0 aliphatic carbocycles. The van der Waals surface area contributed by atoms with Crippen molar-refractivity contribution in [3.63, 3.8) is 0 Å². The molecule has 23 heteroatoms. The first-order valence-electron chi connectivity index (χ1n) is 24.8. The molecule has 0 unspecified atom stereocenters. The molecule has 0 fully saturated rings. The Morgan fingerprint density at radius 2 is 0.577 bits per heavy atom. The Labute approximate surface area is 435 Å². The van der Waals surface area contributed by atoms with Crippen LogP contribution in [0.5, 0.6) is 0 Å². The van der Waals surface area contributed by atoms with E-state index in [1.807, 2.05) is 47.3 Å². The maximum Gasteiger partial charge on any atom is 0.227 e. The lowest BCUT2D eigenvalue weighted by atomic mass is 9.12. The highest BCUT2D eigenvalue weighted by atomic mass is 19.2. The van der Waals surface area contributed by atoms with Gasteiger partial charge in [0.15, 0.2) is 82.2 Å². The summed E-state index contributed by atoms with van der Waals surface area (Å²) >= 11 is 0. The second kappa shape index (κ2) is 27.9. The standard InChI is InChI=1S/C31H48NO.C24BF20/c1-2-3-4-5-6-7-8-9-10-11-12-13-14-15-16-18-21-29-22-24-30(25-23-29)31(33)28-32-26-19-17-20-27-32;26-5-1(6(27)14(35)21(42)13(5)34)25(2-7(28)15(36)22(43)16(37)8(2)29,3-9(30)17(38)23(44)18(39)10(3)31)4-11(32)19(40)24(45)20(41)12(4)33/h17,19-20,22-27H,2-16,18,21,28H2,1H3;/q+1;-1. The van der Waals surface area contributed by atoms with Crippen molar-refractivity contribution in [1.29, 1.82) is 0 Å². The number of hydrogen-bond acceptors (Lipinski definition) is 1. The van der Waals surface area contributed by atoms with E-state index in [1.165, 1.54) is 108 Å². The molecular formula is C55H48BF20NO. The van der Waals surface area contributed by atoms with Crippen LogP contribution in [0.4, 0.5) is 87.8 Å². The van der Waals surface area contributed by atoms with Crippen molar-refractivity contribution in [2.24, 2.45) is 0 Å². The average Bonchev–Trinajstić information content (AvgIpc) is 3.38. The first kappa shape index (κ1) is 62.4. The first-order chi connectivity index (χ1) is 37.0. The lowest BCUT2D eigenvalue weighted by Crippen LogP contribution is -2.81. The van der Waals surface area contributed by atoms with E-state index in [1.54, 1.807) is 0 Å². The summed E-state index contributed by atoms with van der Waals surface area (Å²) in [5, 5.41) is 0. The van der Waals surface area contributed by atoms with Crippen LogP contribution in [0, 0.1) is 116 Å². The fraction of sp³-hybridized carbons (Fsp3) is 0.345. The highest BCUT2D eigenvalue weighted by Crippen LogP contribution is 2.31. The predicted octanol–water partition coefficient (Wildman–Crippen LogP) is 14.5. The van der Waals surface area contributed by atoms with Crippen molar-refractivity contribution in [3.8, 4) is 0 Å². The lowest BCUT2D eigenvalue weighted by Gasteiger charge is -2.44. The van der Waals surface area contributed by atoms with Crippen molar-refractivity contribution in [2.45, 2.75) is 123 Å². The molecular weight excluding hydrogens is 1080 g/mol. The van der Waals surface area contributed by atoms with Crippen molar-refractivity contribution in [2.75, 3.05) is 0 Å². The quantitative estimate of drug-likeness (QED) is 0.0113. The average molecular weight is 1130 g/mol. The van der Waals surface area contributed by atoms with Crippen molar-refractivity contribution >= 4 is 33.8 Å². The third-order valence-electron chi connectivity index (χ3n) is 13.4. The number of benzene rings is 5.